The zero-order valence-corrected chi connectivity index (χ0v) is 14.9. The number of Topliss-reactive ketones (excluding diaryl/α,β-unsaturated/α-hetero) is 1. The molecule has 136 valence electrons. The molecule has 3 saturated carbocycles. The standard InChI is InChI=1S/C21H26F2O2/c1-20-9-7-13(24)11-12(20)3-4-14-15-5-6-17(18(25)19(22)23)21(15,2)10-8-16(14)20/h7,9,11,14-17,19H,3-6,8,10H2,1-2H3/t14-,15-,16-,17+,20-,21-/m0/s1. The maximum Gasteiger partial charge on any atom is 0.296 e. The summed E-state index contributed by atoms with van der Waals surface area (Å²) in [5, 5.41) is 0. The average Bonchev–Trinajstić information content (AvgIpc) is 2.92. The number of hydrogen-bond donors (Lipinski definition) is 0. The molecule has 0 aromatic carbocycles. The number of rotatable bonds is 2. The minimum atomic E-state index is -2.84. The van der Waals surface area contributed by atoms with Crippen molar-refractivity contribution in [2.24, 2.45) is 34.5 Å². The van der Waals surface area contributed by atoms with Crippen molar-refractivity contribution in [3.05, 3.63) is 23.8 Å². The van der Waals surface area contributed by atoms with E-state index in [1.807, 2.05) is 6.08 Å². The van der Waals surface area contributed by atoms with Gasteiger partial charge in [0.15, 0.2) is 5.78 Å². The van der Waals surface area contributed by atoms with Crippen LogP contribution in [-0.2, 0) is 9.59 Å². The molecule has 4 rings (SSSR count). The number of allylic oxidation sites excluding steroid dienone is 4. The van der Waals surface area contributed by atoms with Crippen LogP contribution in [-0.4, -0.2) is 18.0 Å². The third-order valence-electron chi connectivity index (χ3n) is 8.12. The van der Waals surface area contributed by atoms with Crippen LogP contribution < -0.4 is 0 Å². The Morgan fingerprint density at radius 2 is 1.92 bits per heavy atom. The molecule has 3 fully saturated rings. The fourth-order valence-corrected chi connectivity index (χ4v) is 6.82. The molecular formula is C21H26F2O2. The van der Waals surface area contributed by atoms with E-state index in [-0.39, 0.29) is 16.6 Å². The Morgan fingerprint density at radius 1 is 1.16 bits per heavy atom. The van der Waals surface area contributed by atoms with Crippen LogP contribution in [0.5, 0.6) is 0 Å². The van der Waals surface area contributed by atoms with Crippen molar-refractivity contribution in [2.75, 3.05) is 0 Å². The lowest BCUT2D eigenvalue weighted by Crippen LogP contribution is -2.50. The largest absolute Gasteiger partial charge is 0.296 e. The summed E-state index contributed by atoms with van der Waals surface area (Å²) in [6, 6.07) is 0. The second kappa shape index (κ2) is 5.59. The van der Waals surface area contributed by atoms with E-state index in [0.29, 0.717) is 24.2 Å². The van der Waals surface area contributed by atoms with Gasteiger partial charge in [0.25, 0.3) is 6.43 Å². The smallest absolute Gasteiger partial charge is 0.293 e. The summed E-state index contributed by atoms with van der Waals surface area (Å²) in [7, 11) is 0. The van der Waals surface area contributed by atoms with Gasteiger partial charge in [-0.25, -0.2) is 8.78 Å². The second-order valence-corrected chi connectivity index (χ2v) is 8.98. The van der Waals surface area contributed by atoms with Gasteiger partial charge in [0.2, 0.25) is 5.78 Å². The highest BCUT2D eigenvalue weighted by Crippen LogP contribution is 2.66. The number of carbonyl (C=O) groups excluding carboxylic acids is 2. The molecule has 0 aliphatic heterocycles. The highest BCUT2D eigenvalue weighted by molar-refractivity contribution is 6.01. The number of alkyl halides is 2. The molecule has 0 saturated heterocycles. The first-order valence-corrected chi connectivity index (χ1v) is 9.53. The molecule has 4 aliphatic rings. The predicted molar refractivity (Wildman–Crippen MR) is 91.1 cm³/mol. The van der Waals surface area contributed by atoms with Gasteiger partial charge >= 0.3 is 0 Å². The minimum Gasteiger partial charge on any atom is -0.293 e. The van der Waals surface area contributed by atoms with Crippen LogP contribution in [0.1, 0.15) is 52.4 Å². The van der Waals surface area contributed by atoms with E-state index in [1.165, 1.54) is 5.57 Å². The molecule has 0 N–H and O–H groups in total. The highest BCUT2D eigenvalue weighted by Gasteiger charge is 2.60. The third kappa shape index (κ3) is 2.32. The van der Waals surface area contributed by atoms with Crippen LogP contribution >= 0.6 is 0 Å². The fraction of sp³-hybridized carbons (Fsp3) is 0.714. The Hall–Kier alpha value is -1.32. The third-order valence-corrected chi connectivity index (χ3v) is 8.12. The molecule has 0 aromatic rings. The van der Waals surface area contributed by atoms with E-state index >= 15 is 0 Å². The van der Waals surface area contributed by atoms with Gasteiger partial charge < -0.3 is 0 Å². The van der Waals surface area contributed by atoms with Gasteiger partial charge in [-0.3, -0.25) is 9.59 Å². The van der Waals surface area contributed by atoms with Crippen molar-refractivity contribution < 1.29 is 18.4 Å². The summed E-state index contributed by atoms with van der Waals surface area (Å²) >= 11 is 0. The molecule has 6 atom stereocenters. The molecule has 2 nitrogen and oxygen atoms in total. The summed E-state index contributed by atoms with van der Waals surface area (Å²) in [5.41, 5.74) is 0.881. The van der Waals surface area contributed by atoms with Gasteiger partial charge in [0, 0.05) is 11.3 Å². The summed E-state index contributed by atoms with van der Waals surface area (Å²) in [6.07, 6.45) is 7.96. The maximum atomic E-state index is 13.1. The molecule has 0 heterocycles. The van der Waals surface area contributed by atoms with Gasteiger partial charge in [-0.05, 0) is 73.8 Å². The Morgan fingerprint density at radius 3 is 2.64 bits per heavy atom. The zero-order chi connectivity index (χ0) is 18.0. The van der Waals surface area contributed by atoms with Crippen LogP contribution in [0.4, 0.5) is 8.78 Å². The van der Waals surface area contributed by atoms with Crippen molar-refractivity contribution >= 4 is 11.6 Å². The maximum absolute atomic E-state index is 13.1. The fourth-order valence-electron chi connectivity index (χ4n) is 6.82. The van der Waals surface area contributed by atoms with E-state index in [4.69, 9.17) is 0 Å². The average molecular weight is 348 g/mol. The van der Waals surface area contributed by atoms with Crippen LogP contribution in [0.3, 0.4) is 0 Å². The first-order chi connectivity index (χ1) is 11.8. The van der Waals surface area contributed by atoms with Crippen LogP contribution in [0.2, 0.25) is 0 Å². The zero-order valence-electron chi connectivity index (χ0n) is 14.9. The van der Waals surface area contributed by atoms with E-state index in [1.54, 1.807) is 6.08 Å². The molecule has 0 bridgehead atoms. The molecule has 25 heavy (non-hydrogen) atoms. The first kappa shape index (κ1) is 17.1. The summed E-state index contributed by atoms with van der Waals surface area (Å²) in [5.74, 6) is 0.0313. The number of halogens is 2. The highest BCUT2D eigenvalue weighted by atomic mass is 19.3. The van der Waals surface area contributed by atoms with Crippen LogP contribution in [0.25, 0.3) is 0 Å². The first-order valence-electron chi connectivity index (χ1n) is 9.53. The second-order valence-electron chi connectivity index (χ2n) is 8.98. The number of ketones is 2. The molecule has 0 amide bonds. The van der Waals surface area contributed by atoms with Gasteiger partial charge in [-0.15, -0.1) is 0 Å². The normalized spacial score (nSPS) is 45.6. The van der Waals surface area contributed by atoms with Crippen LogP contribution in [0.15, 0.2) is 23.8 Å². The van der Waals surface area contributed by atoms with Gasteiger partial charge in [0.05, 0.1) is 0 Å². The quantitative estimate of drug-likeness (QED) is 0.722. The summed E-state index contributed by atoms with van der Waals surface area (Å²) < 4.78 is 26.1. The van der Waals surface area contributed by atoms with E-state index in [9.17, 15) is 18.4 Å². The molecule has 4 heteroatoms. The molecule has 0 aromatic heterocycles. The Kier molecular flexibility index (Phi) is 3.82. The van der Waals surface area contributed by atoms with Crippen molar-refractivity contribution in [1.29, 1.82) is 0 Å². The van der Waals surface area contributed by atoms with E-state index in [2.05, 4.69) is 19.9 Å². The lowest BCUT2D eigenvalue weighted by molar-refractivity contribution is -0.140. The van der Waals surface area contributed by atoms with Gasteiger partial charge in [0.1, 0.15) is 0 Å². The molecule has 0 unspecified atom stereocenters. The van der Waals surface area contributed by atoms with Crippen molar-refractivity contribution in [1.82, 2.24) is 0 Å². The van der Waals surface area contributed by atoms with Crippen molar-refractivity contribution in [2.45, 2.75) is 58.8 Å². The topological polar surface area (TPSA) is 34.1 Å². The SMILES string of the molecule is C[C@]12CC[C@H]3[C@@H](CCC4=CC(=O)C=C[C@@]43C)[C@@H]1CC[C@@H]2C(=O)C(F)F. The summed E-state index contributed by atoms with van der Waals surface area (Å²) in [4.78, 5) is 23.8. The van der Waals surface area contributed by atoms with Crippen molar-refractivity contribution in [3.63, 3.8) is 0 Å². The van der Waals surface area contributed by atoms with Gasteiger partial charge in [-0.1, -0.05) is 25.5 Å². The number of carbonyl (C=O) groups is 2. The molecule has 0 spiro atoms. The monoisotopic (exact) mass is 348 g/mol. The Labute approximate surface area is 147 Å². The molecular weight excluding hydrogens is 322 g/mol. The number of hydrogen-bond acceptors (Lipinski definition) is 2. The number of fused-ring (bicyclic) bond motifs is 5. The van der Waals surface area contributed by atoms with E-state index < -0.39 is 18.1 Å². The lowest BCUT2D eigenvalue weighted by Gasteiger charge is -2.56. The Balaban J connectivity index is 1.65. The predicted octanol–water partition coefficient (Wildman–Crippen LogP) is 4.74. The molecule has 4 aliphatic carbocycles. The van der Waals surface area contributed by atoms with Crippen molar-refractivity contribution in [3.8, 4) is 0 Å². The van der Waals surface area contributed by atoms with Crippen LogP contribution in [0, 0.1) is 34.5 Å². The summed E-state index contributed by atoms with van der Waals surface area (Å²) in [6.45, 7) is 4.32. The van der Waals surface area contributed by atoms with Gasteiger partial charge in [-0.2, -0.15) is 0 Å². The Bertz CT molecular complexity index is 679. The van der Waals surface area contributed by atoms with E-state index in [0.717, 1.165) is 32.1 Å². The molecule has 0 radical (unpaired) electrons. The lowest BCUT2D eigenvalue weighted by atomic mass is 9.47. The minimum absolute atomic E-state index is 0.0787.